The van der Waals surface area contributed by atoms with Crippen LogP contribution in [0.4, 0.5) is 0 Å². The lowest BCUT2D eigenvalue weighted by Crippen LogP contribution is -2.25. The molecular formula is C24H37N3. The molecule has 0 unspecified atom stereocenters. The van der Waals surface area contributed by atoms with E-state index in [0.29, 0.717) is 5.92 Å². The number of amidine groups is 1. The van der Waals surface area contributed by atoms with Gasteiger partial charge in [0.05, 0.1) is 11.5 Å². The average Bonchev–Trinajstić information content (AvgIpc) is 2.70. The van der Waals surface area contributed by atoms with E-state index in [1.54, 1.807) is 0 Å². The van der Waals surface area contributed by atoms with Crippen LogP contribution < -0.4 is 5.73 Å². The first kappa shape index (κ1) is 21.5. The van der Waals surface area contributed by atoms with E-state index in [0.717, 1.165) is 37.7 Å². The maximum absolute atomic E-state index is 9.81. The molecule has 1 saturated carbocycles. The summed E-state index contributed by atoms with van der Waals surface area (Å²) in [5.41, 5.74) is 7.58. The highest BCUT2D eigenvalue weighted by Crippen LogP contribution is 2.45. The zero-order valence-corrected chi connectivity index (χ0v) is 17.1. The number of nitriles is 1. The third kappa shape index (κ3) is 6.69. The van der Waals surface area contributed by atoms with Crippen molar-refractivity contribution in [2.75, 3.05) is 0 Å². The summed E-state index contributed by atoms with van der Waals surface area (Å²) in [5, 5.41) is 17.3. The highest BCUT2D eigenvalue weighted by molar-refractivity contribution is 5.94. The van der Waals surface area contributed by atoms with Gasteiger partial charge >= 0.3 is 0 Å². The van der Waals surface area contributed by atoms with Crippen LogP contribution in [0.3, 0.4) is 0 Å². The third-order valence-corrected chi connectivity index (χ3v) is 6.38. The smallest absolute Gasteiger partial charge is 0.122 e. The number of rotatable bonds is 11. The van der Waals surface area contributed by atoms with E-state index in [9.17, 15) is 5.26 Å². The molecular weight excluding hydrogens is 330 g/mol. The summed E-state index contributed by atoms with van der Waals surface area (Å²) in [6, 6.07) is 10.8. The monoisotopic (exact) mass is 367 g/mol. The van der Waals surface area contributed by atoms with Crippen molar-refractivity contribution in [2.24, 2.45) is 11.1 Å². The molecule has 0 radical (unpaired) electrons. The minimum atomic E-state index is -0.0853. The molecule has 1 aromatic carbocycles. The number of hydrogen-bond acceptors (Lipinski definition) is 2. The number of hydrogen-bond donors (Lipinski definition) is 2. The van der Waals surface area contributed by atoms with Crippen LogP contribution in [-0.4, -0.2) is 5.84 Å². The topological polar surface area (TPSA) is 73.7 Å². The van der Waals surface area contributed by atoms with Crippen molar-refractivity contribution in [1.82, 2.24) is 0 Å². The highest BCUT2D eigenvalue weighted by atomic mass is 14.7. The van der Waals surface area contributed by atoms with E-state index in [2.05, 4.69) is 25.1 Å². The summed E-state index contributed by atoms with van der Waals surface area (Å²) in [7, 11) is 0. The lowest BCUT2D eigenvalue weighted by atomic mass is 9.67. The molecule has 1 aliphatic rings. The molecule has 2 rings (SSSR count). The number of unbranched alkanes of at least 4 members (excludes halogenated alkanes) is 7. The molecule has 1 aromatic rings. The van der Waals surface area contributed by atoms with Gasteiger partial charge in [0, 0.05) is 5.56 Å². The Hall–Kier alpha value is -1.82. The fourth-order valence-corrected chi connectivity index (χ4v) is 4.45. The zero-order chi connectivity index (χ0) is 19.5. The van der Waals surface area contributed by atoms with E-state index in [1.807, 2.05) is 12.1 Å². The molecule has 1 aliphatic carbocycles. The summed E-state index contributed by atoms with van der Waals surface area (Å²) in [6.45, 7) is 2.26. The molecule has 0 spiro atoms. The molecule has 0 amide bonds. The Morgan fingerprint density at radius 2 is 1.59 bits per heavy atom. The highest BCUT2D eigenvalue weighted by Gasteiger charge is 2.35. The summed E-state index contributed by atoms with van der Waals surface area (Å²) < 4.78 is 0. The molecule has 0 heterocycles. The van der Waals surface area contributed by atoms with Crippen LogP contribution in [0.2, 0.25) is 0 Å². The maximum Gasteiger partial charge on any atom is 0.122 e. The lowest BCUT2D eigenvalue weighted by Gasteiger charge is -2.35. The number of nitrogens with one attached hydrogen (secondary N) is 1. The van der Waals surface area contributed by atoms with Gasteiger partial charge in [0.1, 0.15) is 5.84 Å². The van der Waals surface area contributed by atoms with Crippen LogP contribution in [0.5, 0.6) is 0 Å². The Kier molecular flexibility index (Phi) is 8.85. The Bertz CT molecular complexity index is 604. The molecule has 3 heteroatoms. The van der Waals surface area contributed by atoms with Crippen molar-refractivity contribution in [3.8, 4) is 6.07 Å². The molecule has 0 bridgehead atoms. The second-order valence-corrected chi connectivity index (χ2v) is 8.43. The van der Waals surface area contributed by atoms with E-state index in [1.165, 1.54) is 56.9 Å². The van der Waals surface area contributed by atoms with Crippen LogP contribution in [0, 0.1) is 22.2 Å². The quantitative estimate of drug-likeness (QED) is 0.260. The van der Waals surface area contributed by atoms with Crippen LogP contribution in [0.1, 0.15) is 107 Å². The van der Waals surface area contributed by atoms with Gasteiger partial charge in [-0.15, -0.1) is 0 Å². The van der Waals surface area contributed by atoms with E-state index in [-0.39, 0.29) is 11.3 Å². The molecule has 0 saturated heterocycles. The standard InChI is InChI=1S/C24H37N3/c1-2-3-4-5-6-7-8-9-16-24(19-25)17-14-21(15-18-24)20-10-12-22(13-11-20)23(26)27/h10-13,21H,2-9,14-18H2,1H3,(H3,26,27). The second-order valence-electron chi connectivity index (χ2n) is 8.43. The molecule has 0 atom stereocenters. The maximum atomic E-state index is 9.81. The molecule has 3 nitrogen and oxygen atoms in total. The Balaban J connectivity index is 1.72. The first-order valence-electron chi connectivity index (χ1n) is 11.0. The first-order valence-corrected chi connectivity index (χ1v) is 11.0. The summed E-state index contributed by atoms with van der Waals surface area (Å²) >= 11 is 0. The van der Waals surface area contributed by atoms with E-state index in [4.69, 9.17) is 11.1 Å². The van der Waals surface area contributed by atoms with Gasteiger partial charge in [0.25, 0.3) is 0 Å². The van der Waals surface area contributed by atoms with E-state index < -0.39 is 0 Å². The van der Waals surface area contributed by atoms with Crippen molar-refractivity contribution >= 4 is 5.84 Å². The summed E-state index contributed by atoms with van der Waals surface area (Å²) in [6.07, 6.45) is 16.0. The van der Waals surface area contributed by atoms with Crippen molar-refractivity contribution in [3.05, 3.63) is 35.4 Å². The molecule has 0 aliphatic heterocycles. The SMILES string of the molecule is CCCCCCCCCCC1(C#N)CCC(c2ccc(C(=N)N)cc2)CC1. The fourth-order valence-electron chi connectivity index (χ4n) is 4.45. The molecule has 3 N–H and O–H groups in total. The molecule has 1 fully saturated rings. The van der Waals surface area contributed by atoms with Gasteiger partial charge in [-0.2, -0.15) is 5.26 Å². The zero-order valence-electron chi connectivity index (χ0n) is 17.1. The fraction of sp³-hybridized carbons (Fsp3) is 0.667. The van der Waals surface area contributed by atoms with Gasteiger partial charge in [-0.25, -0.2) is 0 Å². The summed E-state index contributed by atoms with van der Waals surface area (Å²) in [5.74, 6) is 0.671. The third-order valence-electron chi connectivity index (χ3n) is 6.38. The summed E-state index contributed by atoms with van der Waals surface area (Å²) in [4.78, 5) is 0. The van der Waals surface area contributed by atoms with E-state index >= 15 is 0 Å². The van der Waals surface area contributed by atoms with Gasteiger partial charge in [-0.05, 0) is 43.6 Å². The molecule has 0 aromatic heterocycles. The molecule has 27 heavy (non-hydrogen) atoms. The first-order chi connectivity index (χ1) is 13.1. The Labute approximate surface area is 165 Å². The van der Waals surface area contributed by atoms with Crippen molar-refractivity contribution in [3.63, 3.8) is 0 Å². The van der Waals surface area contributed by atoms with Crippen LogP contribution in [-0.2, 0) is 0 Å². The predicted molar refractivity (Wildman–Crippen MR) is 114 cm³/mol. The molecule has 148 valence electrons. The minimum Gasteiger partial charge on any atom is -0.384 e. The van der Waals surface area contributed by atoms with Crippen molar-refractivity contribution < 1.29 is 0 Å². The minimum absolute atomic E-state index is 0.0853. The van der Waals surface area contributed by atoms with Gasteiger partial charge in [-0.1, -0.05) is 82.6 Å². The predicted octanol–water partition coefficient (Wildman–Crippen LogP) is 6.67. The largest absolute Gasteiger partial charge is 0.384 e. The van der Waals surface area contributed by atoms with Gasteiger partial charge in [-0.3, -0.25) is 5.41 Å². The normalized spacial score (nSPS) is 22.3. The van der Waals surface area contributed by atoms with Crippen molar-refractivity contribution in [1.29, 1.82) is 10.7 Å². The van der Waals surface area contributed by atoms with Gasteiger partial charge in [0.15, 0.2) is 0 Å². The Morgan fingerprint density at radius 3 is 2.11 bits per heavy atom. The second kappa shape index (κ2) is 11.1. The van der Waals surface area contributed by atoms with Gasteiger partial charge in [0.2, 0.25) is 0 Å². The lowest BCUT2D eigenvalue weighted by molar-refractivity contribution is 0.222. The van der Waals surface area contributed by atoms with Gasteiger partial charge < -0.3 is 5.73 Å². The number of benzene rings is 1. The van der Waals surface area contributed by atoms with Crippen molar-refractivity contribution in [2.45, 2.75) is 96.3 Å². The van der Waals surface area contributed by atoms with Crippen LogP contribution in [0.25, 0.3) is 0 Å². The number of nitrogens with two attached hydrogens (primary N) is 1. The average molecular weight is 368 g/mol. The Morgan fingerprint density at radius 1 is 1.04 bits per heavy atom. The number of nitrogen functional groups attached to an aromatic ring is 1. The van der Waals surface area contributed by atoms with Crippen LogP contribution >= 0.6 is 0 Å². The number of nitrogens with zero attached hydrogens (tertiary/aromatic N) is 1. The van der Waals surface area contributed by atoms with Crippen LogP contribution in [0.15, 0.2) is 24.3 Å².